The van der Waals surface area contributed by atoms with E-state index in [1.54, 1.807) is 0 Å². The second-order valence-electron chi connectivity index (χ2n) is 5.11. The summed E-state index contributed by atoms with van der Waals surface area (Å²) in [6.07, 6.45) is 0.372. The van der Waals surface area contributed by atoms with Crippen LogP contribution in [0, 0.1) is 17.6 Å². The summed E-state index contributed by atoms with van der Waals surface area (Å²) in [7, 11) is 0. The number of hydrogen-bond donors (Lipinski definition) is 3. The Morgan fingerprint density at radius 3 is 2.24 bits per heavy atom. The van der Waals surface area contributed by atoms with Gasteiger partial charge in [0, 0.05) is 11.8 Å². The minimum atomic E-state index is -1.05. The Balaban J connectivity index is 2.54. The zero-order chi connectivity index (χ0) is 16.0. The van der Waals surface area contributed by atoms with Crippen LogP contribution in [-0.2, 0) is 9.59 Å². The molecule has 116 valence electrons. The zero-order valence-corrected chi connectivity index (χ0v) is 11.8. The molecule has 0 radical (unpaired) electrons. The number of halogens is 2. The molecular formula is C14H18F2N2O3. The molecule has 5 nitrogen and oxygen atoms in total. The number of nitrogens with one attached hydrogen (secondary N) is 2. The normalized spacial score (nSPS) is 12.2. The summed E-state index contributed by atoms with van der Waals surface area (Å²) in [4.78, 5) is 22.6. The molecule has 0 aromatic heterocycles. The van der Waals surface area contributed by atoms with Gasteiger partial charge < -0.3 is 10.4 Å². The van der Waals surface area contributed by atoms with Crippen molar-refractivity contribution in [3.05, 3.63) is 29.8 Å². The first-order valence-electron chi connectivity index (χ1n) is 6.50. The molecular weight excluding hydrogens is 282 g/mol. The van der Waals surface area contributed by atoms with Crippen molar-refractivity contribution in [3.8, 4) is 0 Å². The second-order valence-corrected chi connectivity index (χ2v) is 5.11. The summed E-state index contributed by atoms with van der Waals surface area (Å²) in [5, 5.41) is 13.9. The zero-order valence-electron chi connectivity index (χ0n) is 11.8. The molecule has 3 N–H and O–H groups in total. The average Bonchev–Trinajstić information content (AvgIpc) is 2.32. The van der Waals surface area contributed by atoms with Crippen LogP contribution in [0.4, 0.5) is 14.5 Å². The number of benzene rings is 1. The Morgan fingerprint density at radius 2 is 1.76 bits per heavy atom. The highest BCUT2D eigenvalue weighted by molar-refractivity contribution is 5.92. The van der Waals surface area contributed by atoms with E-state index in [2.05, 4.69) is 10.6 Å². The standard InChI is InChI=1S/C14H18F2N2O3/c1-8(2)3-12(14(20)21)17-7-13(19)18-11-5-9(15)4-10(16)6-11/h4-6,8,12,17H,3,7H2,1-2H3,(H,18,19)(H,20,21). The Morgan fingerprint density at radius 1 is 1.19 bits per heavy atom. The Bertz CT molecular complexity index is 501. The summed E-state index contributed by atoms with van der Waals surface area (Å²) >= 11 is 0. The van der Waals surface area contributed by atoms with E-state index in [1.165, 1.54) is 0 Å². The molecule has 0 aliphatic rings. The summed E-state index contributed by atoms with van der Waals surface area (Å²) in [5.74, 6) is -3.08. The Labute approximate surface area is 121 Å². The highest BCUT2D eigenvalue weighted by atomic mass is 19.1. The van der Waals surface area contributed by atoms with Crippen molar-refractivity contribution in [2.75, 3.05) is 11.9 Å². The SMILES string of the molecule is CC(C)CC(NCC(=O)Nc1cc(F)cc(F)c1)C(=O)O. The first kappa shape index (κ1) is 17.0. The van der Waals surface area contributed by atoms with Crippen molar-refractivity contribution >= 4 is 17.6 Å². The van der Waals surface area contributed by atoms with Crippen molar-refractivity contribution in [1.29, 1.82) is 0 Å². The van der Waals surface area contributed by atoms with Crippen LogP contribution in [0.5, 0.6) is 0 Å². The summed E-state index contributed by atoms with van der Waals surface area (Å²) in [6.45, 7) is 3.47. The molecule has 0 saturated carbocycles. The lowest BCUT2D eigenvalue weighted by atomic mass is 10.0. The van der Waals surface area contributed by atoms with Crippen molar-refractivity contribution in [2.45, 2.75) is 26.3 Å². The van der Waals surface area contributed by atoms with E-state index < -0.39 is 29.6 Å². The van der Waals surface area contributed by atoms with E-state index in [0.717, 1.165) is 12.1 Å². The average molecular weight is 300 g/mol. The van der Waals surface area contributed by atoms with Gasteiger partial charge in [-0.2, -0.15) is 0 Å². The number of carbonyl (C=O) groups is 2. The molecule has 21 heavy (non-hydrogen) atoms. The first-order valence-corrected chi connectivity index (χ1v) is 6.50. The lowest BCUT2D eigenvalue weighted by molar-refractivity contribution is -0.139. The Hall–Kier alpha value is -2.02. The third-order valence-electron chi connectivity index (χ3n) is 2.66. The van der Waals surface area contributed by atoms with Gasteiger partial charge in [0.2, 0.25) is 5.91 Å². The molecule has 0 saturated heterocycles. The number of carboxylic acid groups (broad SMARTS) is 1. The fourth-order valence-electron chi connectivity index (χ4n) is 1.79. The fourth-order valence-corrected chi connectivity index (χ4v) is 1.79. The van der Waals surface area contributed by atoms with Crippen LogP contribution in [0.2, 0.25) is 0 Å². The maximum absolute atomic E-state index is 13.0. The van der Waals surface area contributed by atoms with Crippen LogP contribution in [0.25, 0.3) is 0 Å². The van der Waals surface area contributed by atoms with E-state index in [9.17, 15) is 18.4 Å². The molecule has 7 heteroatoms. The molecule has 1 aromatic carbocycles. The fraction of sp³-hybridized carbons (Fsp3) is 0.429. The number of hydrogen-bond acceptors (Lipinski definition) is 3. The molecule has 1 amide bonds. The van der Waals surface area contributed by atoms with Crippen molar-refractivity contribution < 1.29 is 23.5 Å². The van der Waals surface area contributed by atoms with Crippen LogP contribution >= 0.6 is 0 Å². The van der Waals surface area contributed by atoms with Gasteiger partial charge in [-0.3, -0.25) is 14.9 Å². The van der Waals surface area contributed by atoms with Gasteiger partial charge in [-0.05, 0) is 24.5 Å². The molecule has 1 aromatic rings. The third-order valence-corrected chi connectivity index (χ3v) is 2.66. The summed E-state index contributed by atoms with van der Waals surface area (Å²) < 4.78 is 25.9. The Kier molecular flexibility index (Phi) is 6.23. The molecule has 1 atom stereocenters. The lowest BCUT2D eigenvalue weighted by Gasteiger charge is -2.16. The summed E-state index contributed by atoms with van der Waals surface area (Å²) in [6, 6.07) is 1.80. The topological polar surface area (TPSA) is 78.4 Å². The number of carboxylic acids is 1. The predicted molar refractivity (Wildman–Crippen MR) is 73.9 cm³/mol. The van der Waals surface area contributed by atoms with Crippen LogP contribution in [0.1, 0.15) is 20.3 Å². The van der Waals surface area contributed by atoms with Gasteiger partial charge in [0.1, 0.15) is 17.7 Å². The minimum absolute atomic E-state index is 0.0185. The van der Waals surface area contributed by atoms with Gasteiger partial charge in [0.15, 0.2) is 0 Å². The quantitative estimate of drug-likeness (QED) is 0.719. The molecule has 0 fully saturated rings. The monoisotopic (exact) mass is 300 g/mol. The molecule has 0 heterocycles. The van der Waals surface area contributed by atoms with Gasteiger partial charge in [0.25, 0.3) is 0 Å². The smallest absolute Gasteiger partial charge is 0.320 e. The molecule has 1 unspecified atom stereocenters. The van der Waals surface area contributed by atoms with E-state index in [-0.39, 0.29) is 18.2 Å². The number of carbonyl (C=O) groups excluding carboxylic acids is 1. The largest absolute Gasteiger partial charge is 0.480 e. The number of rotatable bonds is 7. The first-order chi connectivity index (χ1) is 9.77. The molecule has 0 spiro atoms. The maximum Gasteiger partial charge on any atom is 0.320 e. The van der Waals surface area contributed by atoms with Crippen LogP contribution in [0.15, 0.2) is 18.2 Å². The van der Waals surface area contributed by atoms with E-state index >= 15 is 0 Å². The van der Waals surface area contributed by atoms with Gasteiger partial charge in [-0.15, -0.1) is 0 Å². The molecule has 0 aliphatic carbocycles. The minimum Gasteiger partial charge on any atom is -0.480 e. The van der Waals surface area contributed by atoms with E-state index in [1.807, 2.05) is 13.8 Å². The number of amides is 1. The van der Waals surface area contributed by atoms with Gasteiger partial charge in [-0.25, -0.2) is 8.78 Å². The molecule has 0 bridgehead atoms. The van der Waals surface area contributed by atoms with Crippen LogP contribution in [-0.4, -0.2) is 29.6 Å². The van der Waals surface area contributed by atoms with Crippen molar-refractivity contribution in [3.63, 3.8) is 0 Å². The van der Waals surface area contributed by atoms with Crippen molar-refractivity contribution in [2.24, 2.45) is 5.92 Å². The lowest BCUT2D eigenvalue weighted by Crippen LogP contribution is -2.42. The number of anilines is 1. The van der Waals surface area contributed by atoms with Crippen molar-refractivity contribution in [1.82, 2.24) is 5.32 Å². The predicted octanol–water partition coefficient (Wildman–Crippen LogP) is 1.99. The summed E-state index contributed by atoms with van der Waals surface area (Å²) in [5.41, 5.74) is -0.0185. The van der Waals surface area contributed by atoms with E-state index in [4.69, 9.17) is 5.11 Å². The molecule has 1 rings (SSSR count). The second kappa shape index (κ2) is 7.68. The van der Waals surface area contributed by atoms with Crippen LogP contribution < -0.4 is 10.6 Å². The highest BCUT2D eigenvalue weighted by Crippen LogP contribution is 2.12. The number of aliphatic carboxylic acids is 1. The molecule has 0 aliphatic heterocycles. The van der Waals surface area contributed by atoms with Gasteiger partial charge in [0.05, 0.1) is 6.54 Å². The van der Waals surface area contributed by atoms with Gasteiger partial charge >= 0.3 is 5.97 Å². The van der Waals surface area contributed by atoms with Crippen LogP contribution in [0.3, 0.4) is 0 Å². The third kappa shape index (κ3) is 6.31. The maximum atomic E-state index is 13.0. The van der Waals surface area contributed by atoms with E-state index in [0.29, 0.717) is 12.5 Å². The van der Waals surface area contributed by atoms with Gasteiger partial charge in [-0.1, -0.05) is 13.8 Å². The highest BCUT2D eigenvalue weighted by Gasteiger charge is 2.19.